The molecule has 1 aromatic carbocycles. The van der Waals surface area contributed by atoms with Gasteiger partial charge in [-0.1, -0.05) is 6.07 Å². The number of benzene rings is 1. The molecule has 1 saturated heterocycles. The number of likely N-dealkylation sites (tertiary alicyclic amines) is 1. The van der Waals surface area contributed by atoms with Gasteiger partial charge in [0.1, 0.15) is 11.5 Å². The van der Waals surface area contributed by atoms with Crippen molar-refractivity contribution in [3.8, 4) is 11.5 Å². The van der Waals surface area contributed by atoms with Gasteiger partial charge >= 0.3 is 0 Å². The van der Waals surface area contributed by atoms with Crippen LogP contribution in [0, 0.1) is 0 Å². The smallest absolute Gasteiger partial charge is 0.257 e. The van der Waals surface area contributed by atoms with E-state index in [-0.39, 0.29) is 18.5 Å². The minimum absolute atomic E-state index is 0.203. The van der Waals surface area contributed by atoms with Crippen LogP contribution >= 0.6 is 0 Å². The van der Waals surface area contributed by atoms with Gasteiger partial charge in [-0.15, -0.1) is 0 Å². The molecule has 0 aliphatic carbocycles. The van der Waals surface area contributed by atoms with Crippen LogP contribution in [0.5, 0.6) is 11.5 Å². The Morgan fingerprint density at radius 1 is 1.25 bits per heavy atom. The van der Waals surface area contributed by atoms with Crippen molar-refractivity contribution in [2.24, 2.45) is 0 Å². The highest BCUT2D eigenvalue weighted by Gasteiger charge is 2.39. The van der Waals surface area contributed by atoms with E-state index in [2.05, 4.69) is 4.98 Å². The van der Waals surface area contributed by atoms with Crippen LogP contribution in [0.3, 0.4) is 0 Å². The summed E-state index contributed by atoms with van der Waals surface area (Å²) in [7, 11) is -0.403. The lowest BCUT2D eigenvalue weighted by Crippen LogP contribution is -2.61. The van der Waals surface area contributed by atoms with E-state index in [9.17, 15) is 13.2 Å². The first-order chi connectivity index (χ1) is 13.3. The fourth-order valence-electron chi connectivity index (χ4n) is 3.14. The van der Waals surface area contributed by atoms with Gasteiger partial charge in [-0.3, -0.25) is 9.78 Å². The van der Waals surface area contributed by atoms with E-state index in [1.807, 2.05) is 6.07 Å². The van der Waals surface area contributed by atoms with E-state index in [0.29, 0.717) is 30.2 Å². The molecule has 1 fully saturated rings. The second kappa shape index (κ2) is 8.15. The number of hydrogen-bond acceptors (Lipinski definition) is 6. The highest BCUT2D eigenvalue weighted by Crippen LogP contribution is 2.28. The topological polar surface area (TPSA) is 89.0 Å². The Morgan fingerprint density at radius 3 is 2.57 bits per heavy atom. The molecule has 1 amide bonds. The molecule has 3 rings (SSSR count). The first kappa shape index (κ1) is 20.1. The summed E-state index contributed by atoms with van der Waals surface area (Å²) in [5.41, 5.74) is 1.22. The number of rotatable bonds is 7. The average Bonchev–Trinajstić information content (AvgIpc) is 2.65. The molecule has 0 radical (unpaired) electrons. The highest BCUT2D eigenvalue weighted by molar-refractivity contribution is 7.88. The summed E-state index contributed by atoms with van der Waals surface area (Å²) in [5.74, 6) is 0.809. The first-order valence-corrected chi connectivity index (χ1v) is 10.6. The third-order valence-electron chi connectivity index (χ3n) is 4.68. The summed E-state index contributed by atoms with van der Waals surface area (Å²) in [4.78, 5) is 18.4. The Balaban J connectivity index is 1.72. The minimum atomic E-state index is -3.43. The molecule has 2 aromatic rings. The molecule has 1 aliphatic rings. The summed E-state index contributed by atoms with van der Waals surface area (Å²) >= 11 is 0. The molecular weight excluding hydrogens is 382 g/mol. The molecule has 0 N–H and O–H groups in total. The number of aromatic nitrogens is 1. The Hall–Kier alpha value is -2.65. The van der Waals surface area contributed by atoms with Gasteiger partial charge in [-0.2, -0.15) is 4.31 Å². The standard InChI is InChI=1S/C19H23N3O5S/c1-26-16-6-7-17(18(9-16)27-2)19(23)21-12-15(13-21)22(28(3,24)25)11-14-5-4-8-20-10-14/h4-10,15H,11-13H2,1-3H3. The quantitative estimate of drug-likeness (QED) is 0.692. The fourth-order valence-corrected chi connectivity index (χ4v) is 4.20. The molecular formula is C19H23N3O5S. The van der Waals surface area contributed by atoms with Crippen molar-refractivity contribution in [1.82, 2.24) is 14.2 Å². The van der Waals surface area contributed by atoms with E-state index in [0.717, 1.165) is 5.56 Å². The number of pyridine rings is 1. The number of carbonyl (C=O) groups excluding carboxylic acids is 1. The highest BCUT2D eigenvalue weighted by atomic mass is 32.2. The third-order valence-corrected chi connectivity index (χ3v) is 5.96. The second-order valence-corrected chi connectivity index (χ2v) is 8.53. The zero-order valence-corrected chi connectivity index (χ0v) is 16.8. The Bertz CT molecular complexity index is 943. The molecule has 0 atom stereocenters. The van der Waals surface area contributed by atoms with Gasteiger partial charge in [-0.25, -0.2) is 8.42 Å². The van der Waals surface area contributed by atoms with Crippen molar-refractivity contribution in [3.63, 3.8) is 0 Å². The average molecular weight is 405 g/mol. The van der Waals surface area contributed by atoms with Gasteiger partial charge < -0.3 is 14.4 Å². The van der Waals surface area contributed by atoms with Crippen LogP contribution in [-0.4, -0.2) is 68.1 Å². The number of hydrogen-bond donors (Lipinski definition) is 0. The summed E-state index contributed by atoms with van der Waals surface area (Å²) in [6.45, 7) is 0.869. The van der Waals surface area contributed by atoms with Crippen molar-refractivity contribution in [2.45, 2.75) is 12.6 Å². The monoisotopic (exact) mass is 405 g/mol. The SMILES string of the molecule is COc1ccc(C(=O)N2CC(N(Cc3cccnc3)S(C)(=O)=O)C2)c(OC)c1. The van der Waals surface area contributed by atoms with Crippen LogP contribution in [0.1, 0.15) is 15.9 Å². The zero-order chi connectivity index (χ0) is 20.3. The lowest BCUT2D eigenvalue weighted by atomic mass is 10.1. The van der Waals surface area contributed by atoms with Gasteiger partial charge in [0, 0.05) is 38.1 Å². The summed E-state index contributed by atoms with van der Waals surface area (Å²) in [5, 5.41) is 0. The molecule has 0 bridgehead atoms. The van der Waals surface area contributed by atoms with Crippen LogP contribution in [0.4, 0.5) is 0 Å². The molecule has 0 unspecified atom stereocenters. The second-order valence-electron chi connectivity index (χ2n) is 6.60. The summed E-state index contributed by atoms with van der Waals surface area (Å²) in [6.07, 6.45) is 4.46. The number of ether oxygens (including phenoxy) is 2. The predicted octanol–water partition coefficient (Wildman–Crippen LogP) is 1.39. The molecule has 150 valence electrons. The van der Waals surface area contributed by atoms with Gasteiger partial charge in [0.05, 0.1) is 32.1 Å². The number of amides is 1. The van der Waals surface area contributed by atoms with Crippen LogP contribution < -0.4 is 9.47 Å². The van der Waals surface area contributed by atoms with Crippen LogP contribution in [0.2, 0.25) is 0 Å². The van der Waals surface area contributed by atoms with E-state index in [1.165, 1.54) is 17.7 Å². The number of sulfonamides is 1. The zero-order valence-electron chi connectivity index (χ0n) is 16.0. The van der Waals surface area contributed by atoms with Gasteiger partial charge in [0.25, 0.3) is 5.91 Å². The first-order valence-electron chi connectivity index (χ1n) is 8.70. The maximum absolute atomic E-state index is 12.8. The fraction of sp³-hybridized carbons (Fsp3) is 0.368. The molecule has 2 heterocycles. The molecule has 8 nitrogen and oxygen atoms in total. The van der Waals surface area contributed by atoms with Gasteiger partial charge in [-0.05, 0) is 23.8 Å². The molecule has 1 aliphatic heterocycles. The predicted molar refractivity (Wildman–Crippen MR) is 104 cm³/mol. The van der Waals surface area contributed by atoms with Gasteiger partial charge in [0.15, 0.2) is 0 Å². The van der Waals surface area contributed by atoms with Crippen molar-refractivity contribution < 1.29 is 22.7 Å². The van der Waals surface area contributed by atoms with Gasteiger partial charge in [0.2, 0.25) is 10.0 Å². The number of carbonyl (C=O) groups is 1. The van der Waals surface area contributed by atoms with Crippen molar-refractivity contribution in [1.29, 1.82) is 0 Å². The number of nitrogens with zero attached hydrogens (tertiary/aromatic N) is 3. The largest absolute Gasteiger partial charge is 0.497 e. The Kier molecular flexibility index (Phi) is 5.85. The van der Waals surface area contributed by atoms with Crippen molar-refractivity contribution >= 4 is 15.9 Å². The molecule has 0 saturated carbocycles. The Morgan fingerprint density at radius 2 is 2.00 bits per heavy atom. The molecule has 9 heteroatoms. The van der Waals surface area contributed by atoms with E-state index >= 15 is 0 Å². The lowest BCUT2D eigenvalue weighted by Gasteiger charge is -2.44. The van der Waals surface area contributed by atoms with Crippen LogP contribution in [0.15, 0.2) is 42.7 Å². The van der Waals surface area contributed by atoms with Crippen LogP contribution in [-0.2, 0) is 16.6 Å². The van der Waals surface area contributed by atoms with Crippen LogP contribution in [0.25, 0.3) is 0 Å². The van der Waals surface area contributed by atoms with E-state index in [1.54, 1.807) is 48.7 Å². The number of methoxy groups -OCH3 is 2. The maximum Gasteiger partial charge on any atom is 0.257 e. The van der Waals surface area contributed by atoms with E-state index < -0.39 is 10.0 Å². The minimum Gasteiger partial charge on any atom is -0.497 e. The summed E-state index contributed by atoms with van der Waals surface area (Å²) < 4.78 is 36.4. The summed E-state index contributed by atoms with van der Waals surface area (Å²) in [6, 6.07) is 8.31. The van der Waals surface area contributed by atoms with Crippen molar-refractivity contribution in [3.05, 3.63) is 53.9 Å². The van der Waals surface area contributed by atoms with Crippen molar-refractivity contribution in [2.75, 3.05) is 33.6 Å². The molecule has 1 aromatic heterocycles. The molecule has 0 spiro atoms. The lowest BCUT2D eigenvalue weighted by molar-refractivity contribution is 0.0440. The Labute approximate surface area is 164 Å². The molecule has 28 heavy (non-hydrogen) atoms. The normalized spacial score (nSPS) is 14.6. The van der Waals surface area contributed by atoms with E-state index in [4.69, 9.17) is 9.47 Å². The maximum atomic E-state index is 12.8. The third kappa shape index (κ3) is 4.26.